The minimum absolute atomic E-state index is 0.751. The van der Waals surface area contributed by atoms with E-state index in [2.05, 4.69) is 20.4 Å². The first-order valence-corrected chi connectivity index (χ1v) is 2.89. The van der Waals surface area contributed by atoms with E-state index in [4.69, 9.17) is 0 Å². The zero-order valence-corrected chi connectivity index (χ0v) is 4.83. The Kier molecular flexibility index (Phi) is 0.855. The molecule has 4 nitrogen and oxygen atoms in total. The normalized spacial score (nSPS) is 15.6. The molecule has 1 N–H and O–H groups in total. The lowest BCUT2D eigenvalue weighted by molar-refractivity contribution is 0.898. The molecule has 0 bridgehead atoms. The summed E-state index contributed by atoms with van der Waals surface area (Å²) >= 11 is 0. The van der Waals surface area contributed by atoms with Crippen LogP contribution in [0.25, 0.3) is 0 Å². The standard InChI is InChI=1S/C5H6N4/c1-2-4-5(6-3-1)8-9-7-4/h3H,1-2H2,(H,7,8,9). The zero-order valence-electron chi connectivity index (χ0n) is 4.83. The number of aliphatic imine (C=N–C) groups is 1. The van der Waals surface area contributed by atoms with Gasteiger partial charge in [-0.2, -0.15) is 10.3 Å². The van der Waals surface area contributed by atoms with Crippen LogP contribution in [-0.2, 0) is 6.42 Å². The lowest BCUT2D eigenvalue weighted by Crippen LogP contribution is -1.91. The van der Waals surface area contributed by atoms with E-state index in [0.29, 0.717) is 0 Å². The number of aromatic amines is 1. The second-order valence-electron chi connectivity index (χ2n) is 1.94. The summed E-state index contributed by atoms with van der Waals surface area (Å²) in [6.45, 7) is 0. The highest BCUT2D eigenvalue weighted by molar-refractivity contribution is 5.65. The lowest BCUT2D eigenvalue weighted by Gasteiger charge is -1.96. The monoisotopic (exact) mass is 122 g/mol. The summed E-state index contributed by atoms with van der Waals surface area (Å²) in [6.07, 6.45) is 3.82. The van der Waals surface area contributed by atoms with Crippen molar-refractivity contribution in [2.75, 3.05) is 0 Å². The van der Waals surface area contributed by atoms with Crippen LogP contribution in [0.4, 0.5) is 5.82 Å². The fourth-order valence-electron chi connectivity index (χ4n) is 0.871. The number of nitrogens with zero attached hydrogens (tertiary/aromatic N) is 3. The topological polar surface area (TPSA) is 53.9 Å². The molecule has 0 atom stereocenters. The average molecular weight is 122 g/mol. The number of hydrogen-bond donors (Lipinski definition) is 1. The van der Waals surface area contributed by atoms with Gasteiger partial charge in [-0.25, -0.2) is 4.99 Å². The summed E-state index contributed by atoms with van der Waals surface area (Å²) in [6, 6.07) is 0. The molecule has 4 heteroatoms. The van der Waals surface area contributed by atoms with Crippen molar-refractivity contribution in [3.63, 3.8) is 0 Å². The first-order chi connectivity index (χ1) is 4.47. The van der Waals surface area contributed by atoms with Crippen LogP contribution in [0.1, 0.15) is 12.1 Å². The van der Waals surface area contributed by atoms with Crippen LogP contribution >= 0.6 is 0 Å². The van der Waals surface area contributed by atoms with Gasteiger partial charge in [0.2, 0.25) is 0 Å². The van der Waals surface area contributed by atoms with Crippen LogP contribution in [0.5, 0.6) is 0 Å². The maximum Gasteiger partial charge on any atom is 0.196 e. The number of aryl methyl sites for hydroxylation is 1. The minimum Gasteiger partial charge on any atom is -0.238 e. The average Bonchev–Trinajstić information content (AvgIpc) is 2.33. The number of hydrogen-bond acceptors (Lipinski definition) is 3. The Morgan fingerprint density at radius 2 is 2.44 bits per heavy atom. The van der Waals surface area contributed by atoms with Crippen LogP contribution in [0.3, 0.4) is 0 Å². The van der Waals surface area contributed by atoms with Crippen LogP contribution in [0.15, 0.2) is 4.99 Å². The zero-order chi connectivity index (χ0) is 6.10. The van der Waals surface area contributed by atoms with E-state index in [1.807, 2.05) is 6.21 Å². The number of fused-ring (bicyclic) bond motifs is 1. The molecule has 1 aliphatic heterocycles. The third-order valence-electron chi connectivity index (χ3n) is 1.32. The first kappa shape index (κ1) is 4.67. The smallest absolute Gasteiger partial charge is 0.196 e. The Balaban J connectivity index is 2.53. The maximum atomic E-state index is 4.02. The van der Waals surface area contributed by atoms with Crippen molar-refractivity contribution in [2.45, 2.75) is 12.8 Å². The fourth-order valence-corrected chi connectivity index (χ4v) is 0.871. The molecule has 9 heavy (non-hydrogen) atoms. The Morgan fingerprint density at radius 1 is 1.44 bits per heavy atom. The van der Waals surface area contributed by atoms with E-state index in [1.54, 1.807) is 0 Å². The molecule has 2 rings (SSSR count). The minimum atomic E-state index is 0.751. The third kappa shape index (κ3) is 0.630. The highest BCUT2D eigenvalue weighted by Gasteiger charge is 2.07. The van der Waals surface area contributed by atoms with Gasteiger partial charge in [-0.15, -0.1) is 5.10 Å². The maximum absolute atomic E-state index is 4.02. The van der Waals surface area contributed by atoms with Gasteiger partial charge >= 0.3 is 0 Å². The van der Waals surface area contributed by atoms with Crippen molar-refractivity contribution < 1.29 is 0 Å². The predicted octanol–water partition coefficient (Wildman–Crippen LogP) is 0.453. The van der Waals surface area contributed by atoms with E-state index in [9.17, 15) is 0 Å². The second kappa shape index (κ2) is 1.65. The van der Waals surface area contributed by atoms with Gasteiger partial charge in [-0.05, 0) is 6.42 Å². The Hall–Kier alpha value is -1.19. The van der Waals surface area contributed by atoms with Crippen LogP contribution in [-0.4, -0.2) is 21.6 Å². The van der Waals surface area contributed by atoms with Gasteiger partial charge in [0.15, 0.2) is 5.82 Å². The highest BCUT2D eigenvalue weighted by atomic mass is 15.4. The lowest BCUT2D eigenvalue weighted by atomic mass is 10.2. The van der Waals surface area contributed by atoms with Crippen molar-refractivity contribution in [3.05, 3.63) is 5.69 Å². The highest BCUT2D eigenvalue weighted by Crippen LogP contribution is 2.16. The van der Waals surface area contributed by atoms with Gasteiger partial charge in [-0.1, -0.05) is 0 Å². The summed E-state index contributed by atoms with van der Waals surface area (Å²) in [7, 11) is 0. The van der Waals surface area contributed by atoms with E-state index in [0.717, 1.165) is 24.4 Å². The summed E-state index contributed by atoms with van der Waals surface area (Å²) in [5.41, 5.74) is 0.984. The molecule has 46 valence electrons. The molecule has 0 aliphatic carbocycles. The molecule has 2 heterocycles. The van der Waals surface area contributed by atoms with Crippen LogP contribution in [0.2, 0.25) is 0 Å². The largest absolute Gasteiger partial charge is 0.238 e. The van der Waals surface area contributed by atoms with Crippen molar-refractivity contribution in [2.24, 2.45) is 4.99 Å². The molecule has 0 unspecified atom stereocenters. The first-order valence-electron chi connectivity index (χ1n) is 2.89. The van der Waals surface area contributed by atoms with Crippen LogP contribution in [0, 0.1) is 0 Å². The van der Waals surface area contributed by atoms with Gasteiger partial charge in [0.25, 0.3) is 0 Å². The molecule has 1 aromatic heterocycles. The molecular formula is C5H6N4. The van der Waals surface area contributed by atoms with E-state index in [-0.39, 0.29) is 0 Å². The van der Waals surface area contributed by atoms with Gasteiger partial charge < -0.3 is 0 Å². The quantitative estimate of drug-likeness (QED) is 0.543. The molecular weight excluding hydrogens is 116 g/mol. The number of rotatable bonds is 0. The molecule has 0 saturated heterocycles. The molecule has 0 saturated carbocycles. The van der Waals surface area contributed by atoms with Gasteiger partial charge in [0, 0.05) is 12.6 Å². The van der Waals surface area contributed by atoms with Gasteiger partial charge in [0.1, 0.15) is 5.69 Å². The van der Waals surface area contributed by atoms with E-state index in [1.165, 1.54) is 0 Å². The van der Waals surface area contributed by atoms with E-state index < -0.39 is 0 Å². The van der Waals surface area contributed by atoms with Crippen molar-refractivity contribution in [3.8, 4) is 0 Å². The second-order valence-corrected chi connectivity index (χ2v) is 1.94. The fraction of sp³-hybridized carbons (Fsp3) is 0.400. The van der Waals surface area contributed by atoms with Crippen molar-refractivity contribution >= 4 is 12.0 Å². The van der Waals surface area contributed by atoms with Crippen molar-refractivity contribution in [1.29, 1.82) is 0 Å². The molecule has 0 aromatic carbocycles. The Labute approximate surface area is 52.0 Å². The summed E-state index contributed by atoms with van der Waals surface area (Å²) in [4.78, 5) is 4.02. The number of H-pyrrole nitrogens is 1. The van der Waals surface area contributed by atoms with Gasteiger partial charge in [0.05, 0.1) is 0 Å². The van der Waals surface area contributed by atoms with Crippen LogP contribution < -0.4 is 0 Å². The molecule has 1 aromatic rings. The summed E-state index contributed by atoms with van der Waals surface area (Å²) in [5, 5.41) is 10.3. The SMILES string of the molecule is C1=Nc2n[nH]nc2CC1. The number of aromatic nitrogens is 3. The van der Waals surface area contributed by atoms with Crippen molar-refractivity contribution in [1.82, 2.24) is 15.4 Å². The van der Waals surface area contributed by atoms with Gasteiger partial charge in [-0.3, -0.25) is 0 Å². The molecule has 0 fully saturated rings. The summed E-state index contributed by atoms with van der Waals surface area (Å²) in [5.74, 6) is 0.751. The van der Waals surface area contributed by atoms with E-state index >= 15 is 0 Å². The Morgan fingerprint density at radius 3 is 3.33 bits per heavy atom. The third-order valence-corrected chi connectivity index (χ3v) is 1.32. The molecule has 0 amide bonds. The molecule has 0 radical (unpaired) electrons. The number of nitrogens with one attached hydrogen (secondary N) is 1. The summed E-state index contributed by atoms with van der Waals surface area (Å²) < 4.78 is 0. The predicted molar refractivity (Wildman–Crippen MR) is 32.9 cm³/mol. The Bertz CT molecular complexity index is 237. The molecule has 0 spiro atoms. The molecule has 1 aliphatic rings.